The topological polar surface area (TPSA) is 61.4 Å². The van der Waals surface area contributed by atoms with Crippen molar-refractivity contribution in [2.45, 2.75) is 45.6 Å². The van der Waals surface area contributed by atoms with Crippen LogP contribution in [0.5, 0.6) is 0 Å². The molecular weight excluding hydrogens is 326 g/mol. The van der Waals surface area contributed by atoms with E-state index in [0.29, 0.717) is 5.56 Å². The van der Waals surface area contributed by atoms with Crippen molar-refractivity contribution in [3.63, 3.8) is 0 Å². The van der Waals surface area contributed by atoms with E-state index in [9.17, 15) is 9.59 Å². The molecule has 1 atom stereocenters. The second-order valence-corrected chi connectivity index (χ2v) is 6.01. The van der Waals surface area contributed by atoms with E-state index in [-0.39, 0.29) is 30.3 Å². The number of rotatable bonds is 7. The van der Waals surface area contributed by atoms with Crippen LogP contribution in [0.3, 0.4) is 0 Å². The molecule has 2 N–H and O–H groups in total. The van der Waals surface area contributed by atoms with Gasteiger partial charge in [0.1, 0.15) is 0 Å². The summed E-state index contributed by atoms with van der Waals surface area (Å²) in [6.45, 7) is 6.60. The molecule has 1 aliphatic heterocycles. The van der Waals surface area contributed by atoms with Crippen molar-refractivity contribution in [1.82, 2.24) is 10.2 Å². The summed E-state index contributed by atoms with van der Waals surface area (Å²) in [5.41, 5.74) is 1.40. The van der Waals surface area contributed by atoms with Gasteiger partial charge in [0.25, 0.3) is 5.91 Å². The van der Waals surface area contributed by atoms with E-state index in [4.69, 9.17) is 0 Å². The summed E-state index contributed by atoms with van der Waals surface area (Å²) in [4.78, 5) is 26.4. The predicted octanol–water partition coefficient (Wildman–Crippen LogP) is 3.06. The molecule has 0 radical (unpaired) electrons. The molecule has 134 valence electrons. The van der Waals surface area contributed by atoms with Gasteiger partial charge in [-0.3, -0.25) is 9.59 Å². The van der Waals surface area contributed by atoms with Crippen LogP contribution in [0.4, 0.5) is 5.69 Å². The van der Waals surface area contributed by atoms with Crippen LogP contribution in [0.25, 0.3) is 0 Å². The zero-order valence-corrected chi connectivity index (χ0v) is 15.3. The molecule has 1 saturated heterocycles. The average molecular weight is 354 g/mol. The van der Waals surface area contributed by atoms with E-state index in [1.807, 2.05) is 4.90 Å². The second kappa shape index (κ2) is 10.3. The average Bonchev–Trinajstić information content (AvgIpc) is 3.09. The molecule has 0 spiro atoms. The van der Waals surface area contributed by atoms with Crippen molar-refractivity contribution >= 4 is 29.9 Å². The molecule has 0 aliphatic carbocycles. The van der Waals surface area contributed by atoms with Crippen molar-refractivity contribution < 1.29 is 9.59 Å². The van der Waals surface area contributed by atoms with E-state index >= 15 is 0 Å². The van der Waals surface area contributed by atoms with Gasteiger partial charge < -0.3 is 15.5 Å². The maximum atomic E-state index is 12.5. The second-order valence-electron chi connectivity index (χ2n) is 6.01. The van der Waals surface area contributed by atoms with Gasteiger partial charge in [0.15, 0.2) is 0 Å². The smallest absolute Gasteiger partial charge is 0.253 e. The number of hydrogen-bond acceptors (Lipinski definition) is 3. The van der Waals surface area contributed by atoms with Gasteiger partial charge in [-0.2, -0.15) is 0 Å². The minimum atomic E-state index is -0.0964. The first-order valence-corrected chi connectivity index (χ1v) is 8.59. The number of carbonyl (C=O) groups excluding carboxylic acids is 2. The molecule has 0 aromatic heterocycles. The first-order chi connectivity index (χ1) is 11.2. The van der Waals surface area contributed by atoms with Gasteiger partial charge in [-0.25, -0.2) is 0 Å². The highest BCUT2D eigenvalue weighted by Crippen LogP contribution is 2.14. The molecule has 0 saturated carbocycles. The van der Waals surface area contributed by atoms with Crippen molar-refractivity contribution in [2.24, 2.45) is 0 Å². The summed E-state index contributed by atoms with van der Waals surface area (Å²) in [7, 11) is 0. The molecule has 1 aromatic rings. The fourth-order valence-electron chi connectivity index (χ4n) is 2.87. The number of benzene rings is 1. The van der Waals surface area contributed by atoms with Crippen molar-refractivity contribution in [3.05, 3.63) is 29.8 Å². The molecule has 2 amide bonds. The monoisotopic (exact) mass is 353 g/mol. The lowest BCUT2D eigenvalue weighted by Crippen LogP contribution is -2.35. The SMILES string of the molecule is CCCN(CCC)C(=O)c1ccc(NC(=O)C2CCCN2)cc1.Cl. The van der Waals surface area contributed by atoms with E-state index in [2.05, 4.69) is 24.5 Å². The summed E-state index contributed by atoms with van der Waals surface area (Å²) < 4.78 is 0. The van der Waals surface area contributed by atoms with Gasteiger partial charge in [0.2, 0.25) is 5.91 Å². The Kier molecular flexibility index (Phi) is 8.79. The maximum Gasteiger partial charge on any atom is 0.253 e. The third kappa shape index (κ3) is 5.49. The van der Waals surface area contributed by atoms with Gasteiger partial charge in [0, 0.05) is 24.3 Å². The minimum Gasteiger partial charge on any atom is -0.339 e. The van der Waals surface area contributed by atoms with E-state index < -0.39 is 0 Å². The molecule has 1 heterocycles. The lowest BCUT2D eigenvalue weighted by molar-refractivity contribution is -0.117. The summed E-state index contributed by atoms with van der Waals surface area (Å²) >= 11 is 0. The summed E-state index contributed by atoms with van der Waals surface area (Å²) in [5.74, 6) is 0.0594. The number of nitrogens with one attached hydrogen (secondary N) is 2. The molecule has 6 heteroatoms. The third-order valence-corrected chi connectivity index (χ3v) is 4.05. The summed E-state index contributed by atoms with van der Waals surface area (Å²) in [6.07, 6.45) is 3.82. The van der Waals surface area contributed by atoms with Crippen LogP contribution in [0.1, 0.15) is 49.9 Å². The van der Waals surface area contributed by atoms with Crippen molar-refractivity contribution in [1.29, 1.82) is 0 Å². The Morgan fingerprint density at radius 2 is 1.79 bits per heavy atom. The van der Waals surface area contributed by atoms with Gasteiger partial charge in [0.05, 0.1) is 6.04 Å². The van der Waals surface area contributed by atoms with Crippen LogP contribution in [0.15, 0.2) is 24.3 Å². The minimum absolute atomic E-state index is 0. The number of anilines is 1. The van der Waals surface area contributed by atoms with Crippen molar-refractivity contribution in [2.75, 3.05) is 25.0 Å². The fraction of sp³-hybridized carbons (Fsp3) is 0.556. The number of hydrogen-bond donors (Lipinski definition) is 2. The molecule has 0 bridgehead atoms. The van der Waals surface area contributed by atoms with Gasteiger partial charge >= 0.3 is 0 Å². The van der Waals surface area contributed by atoms with Crippen LogP contribution in [0.2, 0.25) is 0 Å². The molecule has 1 aliphatic rings. The Morgan fingerprint density at radius 3 is 2.29 bits per heavy atom. The molecule has 5 nitrogen and oxygen atoms in total. The Labute approximate surface area is 150 Å². The van der Waals surface area contributed by atoms with Crippen LogP contribution < -0.4 is 10.6 Å². The first kappa shape index (κ1) is 20.5. The molecule has 1 unspecified atom stereocenters. The van der Waals surface area contributed by atoms with E-state index in [1.165, 1.54) is 0 Å². The predicted molar refractivity (Wildman–Crippen MR) is 99.8 cm³/mol. The fourth-order valence-corrected chi connectivity index (χ4v) is 2.87. The van der Waals surface area contributed by atoms with Crippen molar-refractivity contribution in [3.8, 4) is 0 Å². The number of nitrogens with zero attached hydrogens (tertiary/aromatic N) is 1. The largest absolute Gasteiger partial charge is 0.339 e. The lowest BCUT2D eigenvalue weighted by atomic mass is 10.1. The molecule has 1 aromatic carbocycles. The van der Waals surface area contributed by atoms with Crippen LogP contribution in [0, 0.1) is 0 Å². The van der Waals surface area contributed by atoms with E-state index in [1.54, 1.807) is 24.3 Å². The zero-order valence-electron chi connectivity index (χ0n) is 14.5. The Morgan fingerprint density at radius 1 is 1.17 bits per heavy atom. The first-order valence-electron chi connectivity index (χ1n) is 8.59. The Hall–Kier alpha value is -1.59. The molecule has 24 heavy (non-hydrogen) atoms. The highest BCUT2D eigenvalue weighted by Gasteiger charge is 2.22. The van der Waals surface area contributed by atoms with Gasteiger partial charge in [-0.15, -0.1) is 12.4 Å². The molecule has 1 fully saturated rings. The number of halogens is 1. The Balaban J connectivity index is 0.00000288. The maximum absolute atomic E-state index is 12.5. The Bertz CT molecular complexity index is 522. The summed E-state index contributed by atoms with van der Waals surface area (Å²) in [6, 6.07) is 7.09. The lowest BCUT2D eigenvalue weighted by Gasteiger charge is -2.21. The van der Waals surface area contributed by atoms with Gasteiger partial charge in [-0.05, 0) is 56.5 Å². The molecular formula is C18H28ClN3O2. The van der Waals surface area contributed by atoms with Crippen LogP contribution >= 0.6 is 12.4 Å². The standard InChI is InChI=1S/C18H27N3O2.ClH/c1-3-12-21(13-4-2)18(23)14-7-9-15(10-8-14)20-17(22)16-6-5-11-19-16;/h7-10,16,19H,3-6,11-13H2,1-2H3,(H,20,22);1H. The normalized spacial score (nSPS) is 16.3. The third-order valence-electron chi connectivity index (χ3n) is 4.05. The summed E-state index contributed by atoms with van der Waals surface area (Å²) in [5, 5.41) is 6.08. The van der Waals surface area contributed by atoms with E-state index in [0.717, 1.165) is 51.0 Å². The van der Waals surface area contributed by atoms with Crippen LogP contribution in [-0.2, 0) is 4.79 Å². The number of carbonyl (C=O) groups is 2. The highest BCUT2D eigenvalue weighted by molar-refractivity contribution is 5.97. The zero-order chi connectivity index (χ0) is 16.7. The van der Waals surface area contributed by atoms with Gasteiger partial charge in [-0.1, -0.05) is 13.8 Å². The van der Waals surface area contributed by atoms with Crippen LogP contribution in [-0.4, -0.2) is 42.4 Å². The highest BCUT2D eigenvalue weighted by atomic mass is 35.5. The quantitative estimate of drug-likeness (QED) is 0.792. The number of amides is 2. The molecule has 2 rings (SSSR count).